The standard InChI is InChI=1S/C16H28N2O/c1-5-18(6-2)11-9-17-10-12-19-16-8-7-14(3)13-15(16)4/h7-8,13,17H,5-6,9-12H2,1-4H3. The quantitative estimate of drug-likeness (QED) is 0.694. The van der Waals surface area contributed by atoms with Gasteiger partial charge in [0.15, 0.2) is 0 Å². The summed E-state index contributed by atoms with van der Waals surface area (Å²) in [7, 11) is 0. The molecule has 19 heavy (non-hydrogen) atoms. The van der Waals surface area contributed by atoms with Gasteiger partial charge in [-0.25, -0.2) is 0 Å². The van der Waals surface area contributed by atoms with Gasteiger partial charge in [0.25, 0.3) is 0 Å². The monoisotopic (exact) mass is 264 g/mol. The lowest BCUT2D eigenvalue weighted by atomic mass is 10.1. The van der Waals surface area contributed by atoms with E-state index in [2.05, 4.69) is 56.1 Å². The molecule has 1 N–H and O–H groups in total. The first kappa shape index (κ1) is 16.0. The van der Waals surface area contributed by atoms with Crippen molar-refractivity contribution >= 4 is 0 Å². The molecule has 0 radical (unpaired) electrons. The van der Waals surface area contributed by atoms with Gasteiger partial charge >= 0.3 is 0 Å². The Hall–Kier alpha value is -1.06. The second-order valence-corrected chi connectivity index (χ2v) is 4.89. The van der Waals surface area contributed by atoms with Crippen LogP contribution in [0.5, 0.6) is 5.75 Å². The van der Waals surface area contributed by atoms with E-state index in [0.717, 1.165) is 45.1 Å². The maximum Gasteiger partial charge on any atom is 0.122 e. The van der Waals surface area contributed by atoms with Gasteiger partial charge in [-0.05, 0) is 38.6 Å². The minimum absolute atomic E-state index is 0.724. The molecule has 0 aliphatic rings. The van der Waals surface area contributed by atoms with Gasteiger partial charge in [-0.1, -0.05) is 31.5 Å². The van der Waals surface area contributed by atoms with Gasteiger partial charge in [0.2, 0.25) is 0 Å². The zero-order chi connectivity index (χ0) is 14.1. The summed E-state index contributed by atoms with van der Waals surface area (Å²) in [5.74, 6) is 0.996. The molecule has 0 saturated carbocycles. The molecule has 0 aromatic heterocycles. The van der Waals surface area contributed by atoms with Crippen LogP contribution in [0, 0.1) is 13.8 Å². The van der Waals surface area contributed by atoms with Crippen LogP contribution in [0.25, 0.3) is 0 Å². The Kier molecular flexibility index (Phi) is 7.53. The topological polar surface area (TPSA) is 24.5 Å². The number of aryl methyl sites for hydroxylation is 2. The van der Waals surface area contributed by atoms with Gasteiger partial charge in [-0.3, -0.25) is 0 Å². The van der Waals surface area contributed by atoms with Gasteiger partial charge in [-0.15, -0.1) is 0 Å². The number of hydrogen-bond acceptors (Lipinski definition) is 3. The van der Waals surface area contributed by atoms with Crippen molar-refractivity contribution in [2.45, 2.75) is 27.7 Å². The fourth-order valence-electron chi connectivity index (χ4n) is 2.10. The van der Waals surface area contributed by atoms with Crippen molar-refractivity contribution in [2.75, 3.05) is 39.3 Å². The average molecular weight is 264 g/mol. The highest BCUT2D eigenvalue weighted by atomic mass is 16.5. The van der Waals surface area contributed by atoms with E-state index in [1.54, 1.807) is 0 Å². The van der Waals surface area contributed by atoms with Crippen LogP contribution in [0.2, 0.25) is 0 Å². The summed E-state index contributed by atoms with van der Waals surface area (Å²) < 4.78 is 5.78. The minimum atomic E-state index is 0.724. The van der Waals surface area contributed by atoms with E-state index in [0.29, 0.717) is 0 Å². The van der Waals surface area contributed by atoms with E-state index in [9.17, 15) is 0 Å². The van der Waals surface area contributed by atoms with Crippen LogP contribution in [0.15, 0.2) is 18.2 Å². The molecule has 0 unspecified atom stereocenters. The number of ether oxygens (including phenoxy) is 1. The summed E-state index contributed by atoms with van der Waals surface area (Å²) in [6, 6.07) is 6.31. The third-order valence-corrected chi connectivity index (χ3v) is 3.37. The highest BCUT2D eigenvalue weighted by Crippen LogP contribution is 2.18. The van der Waals surface area contributed by atoms with E-state index >= 15 is 0 Å². The molecule has 1 aromatic carbocycles. The largest absolute Gasteiger partial charge is 0.492 e. The number of rotatable bonds is 9. The number of nitrogens with zero attached hydrogens (tertiary/aromatic N) is 1. The molecule has 108 valence electrons. The summed E-state index contributed by atoms with van der Waals surface area (Å²) in [4.78, 5) is 2.41. The molecule has 0 aliphatic carbocycles. The molecule has 0 aliphatic heterocycles. The molecule has 0 spiro atoms. The van der Waals surface area contributed by atoms with Gasteiger partial charge in [0.05, 0.1) is 0 Å². The zero-order valence-electron chi connectivity index (χ0n) is 12.8. The van der Waals surface area contributed by atoms with Gasteiger partial charge in [0.1, 0.15) is 12.4 Å². The van der Waals surface area contributed by atoms with Crippen molar-refractivity contribution in [1.82, 2.24) is 10.2 Å². The second-order valence-electron chi connectivity index (χ2n) is 4.89. The van der Waals surface area contributed by atoms with Crippen molar-refractivity contribution in [3.05, 3.63) is 29.3 Å². The lowest BCUT2D eigenvalue weighted by molar-refractivity contribution is 0.285. The maximum absolute atomic E-state index is 5.78. The molecule has 1 rings (SSSR count). The molecule has 0 atom stereocenters. The van der Waals surface area contributed by atoms with Crippen LogP contribution in [0.4, 0.5) is 0 Å². The third kappa shape index (κ3) is 6.08. The van der Waals surface area contributed by atoms with E-state index in [4.69, 9.17) is 4.74 Å². The fraction of sp³-hybridized carbons (Fsp3) is 0.625. The molecule has 0 fully saturated rings. The highest BCUT2D eigenvalue weighted by Gasteiger charge is 2.00. The van der Waals surface area contributed by atoms with Crippen LogP contribution in [-0.4, -0.2) is 44.2 Å². The smallest absolute Gasteiger partial charge is 0.122 e. The zero-order valence-corrected chi connectivity index (χ0v) is 12.8. The molecule has 0 heterocycles. The predicted molar refractivity (Wildman–Crippen MR) is 82.1 cm³/mol. The molecule has 3 nitrogen and oxygen atoms in total. The molecule has 1 aromatic rings. The Morgan fingerprint density at radius 2 is 1.84 bits per heavy atom. The maximum atomic E-state index is 5.78. The third-order valence-electron chi connectivity index (χ3n) is 3.37. The first-order valence-electron chi connectivity index (χ1n) is 7.30. The van der Waals surface area contributed by atoms with E-state index < -0.39 is 0 Å². The summed E-state index contributed by atoms with van der Waals surface area (Å²) in [5, 5.41) is 3.42. The van der Waals surface area contributed by atoms with Gasteiger partial charge < -0.3 is 15.0 Å². The first-order valence-corrected chi connectivity index (χ1v) is 7.30. The predicted octanol–water partition coefficient (Wildman–Crippen LogP) is 2.61. The number of hydrogen-bond donors (Lipinski definition) is 1. The van der Waals surface area contributed by atoms with Crippen molar-refractivity contribution in [1.29, 1.82) is 0 Å². The summed E-state index contributed by atoms with van der Waals surface area (Å²) >= 11 is 0. The SMILES string of the molecule is CCN(CC)CCNCCOc1ccc(C)cc1C. The molecular formula is C16H28N2O. The minimum Gasteiger partial charge on any atom is -0.492 e. The molecular weight excluding hydrogens is 236 g/mol. The summed E-state index contributed by atoms with van der Waals surface area (Å²) in [6.07, 6.45) is 0. The molecule has 0 saturated heterocycles. The number of nitrogens with one attached hydrogen (secondary N) is 1. The Morgan fingerprint density at radius 1 is 1.11 bits per heavy atom. The fourth-order valence-corrected chi connectivity index (χ4v) is 2.10. The van der Waals surface area contributed by atoms with Crippen molar-refractivity contribution in [3.8, 4) is 5.75 Å². The highest BCUT2D eigenvalue weighted by molar-refractivity contribution is 5.35. The van der Waals surface area contributed by atoms with Crippen molar-refractivity contribution in [2.24, 2.45) is 0 Å². The first-order chi connectivity index (χ1) is 9.17. The van der Waals surface area contributed by atoms with Crippen LogP contribution < -0.4 is 10.1 Å². The Morgan fingerprint density at radius 3 is 2.47 bits per heavy atom. The Balaban J connectivity index is 2.14. The van der Waals surface area contributed by atoms with Gasteiger partial charge in [-0.2, -0.15) is 0 Å². The summed E-state index contributed by atoms with van der Waals surface area (Å²) in [6.45, 7) is 14.6. The Labute approximate surface area is 118 Å². The number of likely N-dealkylation sites (N-methyl/N-ethyl adjacent to an activating group) is 1. The van der Waals surface area contributed by atoms with Gasteiger partial charge in [0, 0.05) is 19.6 Å². The van der Waals surface area contributed by atoms with Crippen LogP contribution in [0.1, 0.15) is 25.0 Å². The molecule has 0 amide bonds. The van der Waals surface area contributed by atoms with Crippen molar-refractivity contribution in [3.63, 3.8) is 0 Å². The van der Waals surface area contributed by atoms with Crippen LogP contribution in [-0.2, 0) is 0 Å². The van der Waals surface area contributed by atoms with Crippen LogP contribution in [0.3, 0.4) is 0 Å². The number of benzene rings is 1. The normalized spacial score (nSPS) is 11.0. The molecule has 0 bridgehead atoms. The lowest BCUT2D eigenvalue weighted by Crippen LogP contribution is -2.33. The average Bonchev–Trinajstić information content (AvgIpc) is 2.40. The van der Waals surface area contributed by atoms with Crippen molar-refractivity contribution < 1.29 is 4.74 Å². The summed E-state index contributed by atoms with van der Waals surface area (Å²) in [5.41, 5.74) is 2.49. The second kappa shape index (κ2) is 8.94. The van der Waals surface area contributed by atoms with E-state index in [1.807, 2.05) is 0 Å². The Bertz CT molecular complexity index is 362. The lowest BCUT2D eigenvalue weighted by Gasteiger charge is -2.18. The molecule has 3 heteroatoms. The van der Waals surface area contributed by atoms with E-state index in [1.165, 1.54) is 11.1 Å². The van der Waals surface area contributed by atoms with Crippen LogP contribution >= 0.6 is 0 Å². The van der Waals surface area contributed by atoms with E-state index in [-0.39, 0.29) is 0 Å².